The maximum Gasteiger partial charge on any atom is 0.230 e. The summed E-state index contributed by atoms with van der Waals surface area (Å²) in [6, 6.07) is 12.3. The highest BCUT2D eigenvalue weighted by molar-refractivity contribution is 5.85. The molecule has 0 radical (unpaired) electrons. The first-order valence-corrected chi connectivity index (χ1v) is 9.00. The summed E-state index contributed by atoms with van der Waals surface area (Å²) < 4.78 is 14.1. The van der Waals surface area contributed by atoms with E-state index in [4.69, 9.17) is 0 Å². The van der Waals surface area contributed by atoms with Crippen LogP contribution in [-0.4, -0.2) is 22.0 Å². The highest BCUT2D eigenvalue weighted by Crippen LogP contribution is 2.39. The van der Waals surface area contributed by atoms with Crippen LogP contribution >= 0.6 is 0 Å². The van der Waals surface area contributed by atoms with E-state index >= 15 is 0 Å². The van der Waals surface area contributed by atoms with Crippen LogP contribution in [0.3, 0.4) is 0 Å². The van der Waals surface area contributed by atoms with Crippen molar-refractivity contribution in [3.05, 3.63) is 65.0 Å². The number of phenols is 1. The number of aromatic hydroxyl groups is 1. The van der Waals surface area contributed by atoms with Gasteiger partial charge in [-0.2, -0.15) is 0 Å². The molecule has 130 valence electrons. The molecule has 0 bridgehead atoms. The van der Waals surface area contributed by atoms with E-state index in [1.54, 1.807) is 24.3 Å². The van der Waals surface area contributed by atoms with Crippen molar-refractivity contribution in [1.82, 2.24) is 4.90 Å². The third-order valence-corrected chi connectivity index (χ3v) is 5.35. The Hall–Kier alpha value is -2.36. The normalized spacial score (nSPS) is 19.3. The fourth-order valence-corrected chi connectivity index (χ4v) is 3.87. The Morgan fingerprint density at radius 1 is 1.12 bits per heavy atom. The zero-order valence-electron chi connectivity index (χ0n) is 14.1. The predicted molar refractivity (Wildman–Crippen MR) is 93.8 cm³/mol. The molecule has 0 saturated heterocycles. The molecule has 0 heterocycles. The van der Waals surface area contributed by atoms with Gasteiger partial charge in [-0.1, -0.05) is 30.3 Å². The number of carbonyl (C=O) groups is 1. The van der Waals surface area contributed by atoms with Crippen LogP contribution in [0.4, 0.5) is 4.39 Å². The number of fused-ring (bicyclic) bond motifs is 1. The summed E-state index contributed by atoms with van der Waals surface area (Å²) in [6.45, 7) is 0.320. The summed E-state index contributed by atoms with van der Waals surface area (Å²) in [4.78, 5) is 15.1. The minimum atomic E-state index is -0.261. The Balaban J connectivity index is 1.63. The summed E-state index contributed by atoms with van der Waals surface area (Å²) in [5, 5.41) is 10.1. The zero-order valence-corrected chi connectivity index (χ0v) is 14.1. The Bertz CT molecular complexity index is 800. The van der Waals surface area contributed by atoms with Crippen molar-refractivity contribution < 1.29 is 14.3 Å². The molecule has 2 aromatic rings. The molecular formula is C21H22FNO2. The lowest BCUT2D eigenvalue weighted by atomic mass is 9.81. The molecule has 2 aliphatic rings. The number of halogens is 1. The van der Waals surface area contributed by atoms with Gasteiger partial charge in [0.05, 0.1) is 5.92 Å². The van der Waals surface area contributed by atoms with Gasteiger partial charge in [-0.25, -0.2) is 4.39 Å². The van der Waals surface area contributed by atoms with Crippen LogP contribution < -0.4 is 0 Å². The van der Waals surface area contributed by atoms with Crippen molar-refractivity contribution in [3.8, 4) is 5.75 Å². The molecule has 1 fully saturated rings. The fourth-order valence-electron chi connectivity index (χ4n) is 3.87. The molecule has 1 saturated carbocycles. The second kappa shape index (κ2) is 6.51. The van der Waals surface area contributed by atoms with Crippen molar-refractivity contribution in [1.29, 1.82) is 0 Å². The van der Waals surface area contributed by atoms with Crippen molar-refractivity contribution in [2.45, 2.75) is 50.6 Å². The number of phenolic OH excluding ortho intramolecular Hbond substituents is 1. The number of carbonyl (C=O) groups excluding carboxylic acids is 1. The minimum absolute atomic E-state index is 0.0669. The van der Waals surface area contributed by atoms with Crippen molar-refractivity contribution >= 4 is 5.91 Å². The molecule has 4 heteroatoms. The number of hydrogen-bond donors (Lipinski definition) is 1. The quantitative estimate of drug-likeness (QED) is 0.909. The number of hydrogen-bond acceptors (Lipinski definition) is 2. The van der Waals surface area contributed by atoms with Crippen LogP contribution in [0.1, 0.15) is 48.3 Å². The maximum atomic E-state index is 14.1. The molecular weight excluding hydrogens is 317 g/mol. The van der Waals surface area contributed by atoms with Gasteiger partial charge in [-0.15, -0.1) is 0 Å². The molecule has 25 heavy (non-hydrogen) atoms. The van der Waals surface area contributed by atoms with E-state index in [1.807, 2.05) is 17.0 Å². The van der Waals surface area contributed by atoms with Crippen LogP contribution in [0.15, 0.2) is 42.5 Å². The van der Waals surface area contributed by atoms with Crippen LogP contribution in [0.5, 0.6) is 5.75 Å². The van der Waals surface area contributed by atoms with Crippen molar-refractivity contribution in [2.24, 2.45) is 0 Å². The molecule has 1 N–H and O–H groups in total. The van der Waals surface area contributed by atoms with Crippen LogP contribution in [0, 0.1) is 5.82 Å². The molecule has 3 nitrogen and oxygen atoms in total. The largest absolute Gasteiger partial charge is 0.508 e. The second-order valence-electron chi connectivity index (χ2n) is 7.08. The average molecular weight is 339 g/mol. The predicted octanol–water partition coefficient (Wildman–Crippen LogP) is 4.14. The molecule has 4 rings (SSSR count). The van der Waals surface area contributed by atoms with E-state index in [9.17, 15) is 14.3 Å². The average Bonchev–Trinajstić information content (AvgIpc) is 3.45. The van der Waals surface area contributed by atoms with Crippen LogP contribution in [0.25, 0.3) is 0 Å². The molecule has 0 aromatic heterocycles. The lowest BCUT2D eigenvalue weighted by molar-refractivity contribution is -0.134. The van der Waals surface area contributed by atoms with Gasteiger partial charge >= 0.3 is 0 Å². The second-order valence-corrected chi connectivity index (χ2v) is 7.08. The standard InChI is InChI=1S/C21H22FNO2/c22-19-9-2-1-5-14(19)13-23(15-11-12-15)21(25)18-8-3-7-17-16(18)6-4-10-20(17)24/h1-2,4-6,9-10,15,18,24H,3,7-8,11-13H2. The van der Waals surface area contributed by atoms with E-state index in [-0.39, 0.29) is 29.4 Å². The van der Waals surface area contributed by atoms with Gasteiger partial charge in [-0.05, 0) is 55.4 Å². The third kappa shape index (κ3) is 3.13. The summed E-state index contributed by atoms with van der Waals surface area (Å²) in [5.74, 6) is -0.148. The Kier molecular flexibility index (Phi) is 4.20. The summed E-state index contributed by atoms with van der Waals surface area (Å²) in [5.41, 5.74) is 2.40. The highest BCUT2D eigenvalue weighted by atomic mass is 19.1. The lowest BCUT2D eigenvalue weighted by Crippen LogP contribution is -2.37. The Labute approximate surface area is 147 Å². The number of amides is 1. The van der Waals surface area contributed by atoms with Gasteiger partial charge in [0, 0.05) is 18.2 Å². The van der Waals surface area contributed by atoms with Gasteiger partial charge < -0.3 is 10.0 Å². The maximum absolute atomic E-state index is 14.1. The summed E-state index contributed by atoms with van der Waals surface area (Å²) in [6.07, 6.45) is 4.46. The summed E-state index contributed by atoms with van der Waals surface area (Å²) in [7, 11) is 0. The smallest absolute Gasteiger partial charge is 0.230 e. The zero-order chi connectivity index (χ0) is 17.4. The monoisotopic (exact) mass is 339 g/mol. The first-order chi connectivity index (χ1) is 12.1. The number of nitrogens with zero attached hydrogens (tertiary/aromatic N) is 1. The minimum Gasteiger partial charge on any atom is -0.508 e. The highest BCUT2D eigenvalue weighted by Gasteiger charge is 2.38. The van der Waals surface area contributed by atoms with Crippen molar-refractivity contribution in [2.75, 3.05) is 0 Å². The van der Waals surface area contributed by atoms with Crippen LogP contribution in [0.2, 0.25) is 0 Å². The summed E-state index contributed by atoms with van der Waals surface area (Å²) >= 11 is 0. The van der Waals surface area contributed by atoms with Gasteiger partial charge in [0.2, 0.25) is 5.91 Å². The van der Waals surface area contributed by atoms with Gasteiger partial charge in [0.25, 0.3) is 0 Å². The Morgan fingerprint density at radius 3 is 2.68 bits per heavy atom. The molecule has 1 amide bonds. The molecule has 0 spiro atoms. The lowest BCUT2D eigenvalue weighted by Gasteiger charge is -2.31. The first kappa shape index (κ1) is 16.1. The molecule has 0 aliphatic heterocycles. The SMILES string of the molecule is O=C(C1CCCc2c(O)cccc21)N(Cc1ccccc1F)C1CC1. The molecule has 1 unspecified atom stereocenters. The van der Waals surface area contributed by atoms with Gasteiger partial charge in [0.1, 0.15) is 11.6 Å². The van der Waals surface area contributed by atoms with Gasteiger partial charge in [-0.3, -0.25) is 4.79 Å². The number of rotatable bonds is 4. The van der Waals surface area contributed by atoms with Crippen molar-refractivity contribution in [3.63, 3.8) is 0 Å². The van der Waals surface area contributed by atoms with Crippen LogP contribution in [-0.2, 0) is 17.8 Å². The Morgan fingerprint density at radius 2 is 1.92 bits per heavy atom. The van der Waals surface area contributed by atoms with E-state index in [1.165, 1.54) is 6.07 Å². The third-order valence-electron chi connectivity index (χ3n) is 5.35. The molecule has 2 aliphatic carbocycles. The topological polar surface area (TPSA) is 40.5 Å². The number of benzene rings is 2. The molecule has 2 aromatic carbocycles. The van der Waals surface area contributed by atoms with Gasteiger partial charge in [0.15, 0.2) is 0 Å². The molecule has 1 atom stereocenters. The van der Waals surface area contributed by atoms with E-state index < -0.39 is 0 Å². The fraction of sp³-hybridized carbons (Fsp3) is 0.381. The van der Waals surface area contributed by atoms with E-state index in [0.29, 0.717) is 12.1 Å². The first-order valence-electron chi connectivity index (χ1n) is 9.00. The van der Waals surface area contributed by atoms with E-state index in [2.05, 4.69) is 0 Å². The van der Waals surface area contributed by atoms with E-state index in [0.717, 1.165) is 43.2 Å².